The van der Waals surface area contributed by atoms with Crippen molar-refractivity contribution in [1.29, 1.82) is 0 Å². The number of nitrogens with zero attached hydrogens (tertiary/aromatic N) is 1. The average molecular weight is 404 g/mol. The Bertz CT molecular complexity index is 759. The number of hydrogen-bond acceptors (Lipinski definition) is 3. The fourth-order valence-corrected chi connectivity index (χ4v) is 2.85. The number of carbonyl (C=O) groups excluding carboxylic acids is 1. The maximum Gasteiger partial charge on any atom is 0.249 e. The summed E-state index contributed by atoms with van der Waals surface area (Å²) in [5.41, 5.74) is 8.53. The second kappa shape index (κ2) is 8.53. The number of anilines is 1. The molecule has 0 aliphatic carbocycles. The van der Waals surface area contributed by atoms with Gasteiger partial charge in [0.1, 0.15) is 5.82 Å². The van der Waals surface area contributed by atoms with Gasteiger partial charge in [-0.15, -0.1) is 11.8 Å². The van der Waals surface area contributed by atoms with Crippen molar-refractivity contribution in [2.45, 2.75) is 4.90 Å². The molecule has 2 aromatic rings. The van der Waals surface area contributed by atoms with Gasteiger partial charge in [0.2, 0.25) is 5.91 Å². The van der Waals surface area contributed by atoms with Crippen molar-refractivity contribution in [3.05, 3.63) is 58.3 Å². The van der Waals surface area contributed by atoms with E-state index in [0.29, 0.717) is 10.7 Å². The molecule has 0 saturated carbocycles. The van der Waals surface area contributed by atoms with Crippen LogP contribution < -0.4 is 16.2 Å². The van der Waals surface area contributed by atoms with Crippen LogP contribution in [0.15, 0.2) is 47.4 Å². The third-order valence-corrected chi connectivity index (χ3v) is 4.54. The predicted octanol–water partition coefficient (Wildman–Crippen LogP) is 4.01. The van der Waals surface area contributed by atoms with Crippen LogP contribution in [0.25, 0.3) is 0 Å². The first-order chi connectivity index (χ1) is 11.4. The van der Waals surface area contributed by atoms with Crippen molar-refractivity contribution in [3.8, 4) is 0 Å². The monoisotopic (exact) mass is 403 g/mol. The Morgan fingerprint density at radius 3 is 2.50 bits per heavy atom. The molecular weight excluding hydrogens is 392 g/mol. The fraction of sp³-hybridized carbons (Fsp3) is 0.0667. The molecular formula is C15H12Cl2FN3OS2. The lowest BCUT2D eigenvalue weighted by molar-refractivity contribution is -0.118. The lowest BCUT2D eigenvalue weighted by atomic mass is 10.3. The van der Waals surface area contributed by atoms with Gasteiger partial charge in [-0.25, -0.2) is 9.40 Å². The molecule has 3 N–H and O–H groups in total. The standard InChI is InChI=1S/C15H12Cl2FN3OS2/c16-9-1-4-11(5-2-9)24-8-14(22)20-21(15(19)23)10-3-6-13(18)12(17)7-10/h1-7H,8H2,(H2,19,23)(H,20,22). The van der Waals surface area contributed by atoms with E-state index in [1.54, 1.807) is 12.1 Å². The van der Waals surface area contributed by atoms with E-state index in [9.17, 15) is 9.18 Å². The van der Waals surface area contributed by atoms with E-state index in [1.807, 2.05) is 12.1 Å². The molecule has 0 aromatic heterocycles. The van der Waals surface area contributed by atoms with Gasteiger partial charge in [-0.1, -0.05) is 23.2 Å². The molecule has 9 heteroatoms. The van der Waals surface area contributed by atoms with Crippen LogP contribution in [0.3, 0.4) is 0 Å². The number of hydrazine groups is 1. The van der Waals surface area contributed by atoms with Gasteiger partial charge in [0, 0.05) is 9.92 Å². The van der Waals surface area contributed by atoms with E-state index in [4.69, 9.17) is 41.2 Å². The maximum atomic E-state index is 13.2. The molecule has 0 fully saturated rings. The lowest BCUT2D eigenvalue weighted by Gasteiger charge is -2.23. The number of hydrogen-bond donors (Lipinski definition) is 2. The van der Waals surface area contributed by atoms with Crippen LogP contribution in [0.5, 0.6) is 0 Å². The van der Waals surface area contributed by atoms with Gasteiger partial charge in [0.15, 0.2) is 5.11 Å². The molecule has 126 valence electrons. The average Bonchev–Trinajstić information content (AvgIpc) is 2.54. The summed E-state index contributed by atoms with van der Waals surface area (Å²) in [5.74, 6) is -0.772. The van der Waals surface area contributed by atoms with Crippen molar-refractivity contribution < 1.29 is 9.18 Å². The Kier molecular flexibility index (Phi) is 6.68. The summed E-state index contributed by atoms with van der Waals surface area (Å²) in [6.07, 6.45) is 0. The number of nitrogens with one attached hydrogen (secondary N) is 1. The number of thioether (sulfide) groups is 1. The smallest absolute Gasteiger partial charge is 0.249 e. The normalized spacial score (nSPS) is 10.3. The molecule has 0 radical (unpaired) electrons. The predicted molar refractivity (Wildman–Crippen MR) is 101 cm³/mol. The van der Waals surface area contributed by atoms with Gasteiger partial charge in [-0.05, 0) is 54.7 Å². The Morgan fingerprint density at radius 2 is 1.92 bits per heavy atom. The highest BCUT2D eigenvalue weighted by Gasteiger charge is 2.15. The van der Waals surface area contributed by atoms with Crippen molar-refractivity contribution >= 4 is 63.9 Å². The molecule has 1 amide bonds. The number of rotatable bonds is 4. The highest BCUT2D eigenvalue weighted by molar-refractivity contribution is 8.00. The van der Waals surface area contributed by atoms with Crippen molar-refractivity contribution in [2.75, 3.05) is 10.8 Å². The Hall–Kier alpha value is -1.54. The SMILES string of the molecule is NC(=S)N(NC(=O)CSc1ccc(Cl)cc1)c1ccc(F)c(Cl)c1. The minimum atomic E-state index is -0.576. The molecule has 0 aliphatic heterocycles. The summed E-state index contributed by atoms with van der Waals surface area (Å²) < 4.78 is 13.2. The molecule has 2 aromatic carbocycles. The number of halogens is 3. The second-order valence-corrected chi connectivity index (χ2v) is 6.86. The first-order valence-electron chi connectivity index (χ1n) is 6.59. The largest absolute Gasteiger partial charge is 0.374 e. The molecule has 2 rings (SSSR count). The Labute approximate surface area is 158 Å². The lowest BCUT2D eigenvalue weighted by Crippen LogP contribution is -2.49. The van der Waals surface area contributed by atoms with Crippen molar-refractivity contribution in [2.24, 2.45) is 5.73 Å². The number of amides is 1. The number of thiocarbonyl (C=S) groups is 1. The zero-order chi connectivity index (χ0) is 17.7. The van der Waals surface area contributed by atoms with Crippen LogP contribution in [0.2, 0.25) is 10.0 Å². The summed E-state index contributed by atoms with van der Waals surface area (Å²) in [6, 6.07) is 11.0. The minimum absolute atomic E-state index is 0.0949. The molecule has 0 bridgehead atoms. The van der Waals surface area contributed by atoms with Gasteiger partial charge in [-0.2, -0.15) is 0 Å². The summed E-state index contributed by atoms with van der Waals surface area (Å²) >= 11 is 17.8. The molecule has 0 heterocycles. The highest BCUT2D eigenvalue weighted by atomic mass is 35.5. The highest BCUT2D eigenvalue weighted by Crippen LogP contribution is 2.23. The van der Waals surface area contributed by atoms with Gasteiger partial charge in [-0.3, -0.25) is 10.2 Å². The van der Waals surface area contributed by atoms with Gasteiger partial charge in [0.05, 0.1) is 16.5 Å². The van der Waals surface area contributed by atoms with E-state index in [1.165, 1.54) is 28.9 Å². The Morgan fingerprint density at radius 1 is 1.25 bits per heavy atom. The van der Waals surface area contributed by atoms with Gasteiger partial charge >= 0.3 is 0 Å². The summed E-state index contributed by atoms with van der Waals surface area (Å²) in [7, 11) is 0. The number of benzene rings is 2. The molecule has 24 heavy (non-hydrogen) atoms. The van der Waals surface area contributed by atoms with Crippen LogP contribution in [0.4, 0.5) is 10.1 Å². The number of carbonyl (C=O) groups is 1. The van der Waals surface area contributed by atoms with E-state index >= 15 is 0 Å². The number of nitrogens with two attached hydrogens (primary N) is 1. The Balaban J connectivity index is 2.01. The van der Waals surface area contributed by atoms with Crippen LogP contribution in [0.1, 0.15) is 0 Å². The minimum Gasteiger partial charge on any atom is -0.374 e. The van der Waals surface area contributed by atoms with Crippen LogP contribution in [-0.4, -0.2) is 16.8 Å². The first-order valence-corrected chi connectivity index (χ1v) is 8.74. The molecule has 0 aliphatic rings. The van der Waals surface area contributed by atoms with E-state index in [2.05, 4.69) is 5.43 Å². The molecule has 0 spiro atoms. The summed E-state index contributed by atoms with van der Waals surface area (Å²) in [5, 5.41) is 1.60. The van der Waals surface area contributed by atoms with Crippen LogP contribution >= 0.6 is 47.2 Å². The molecule has 0 atom stereocenters. The maximum absolute atomic E-state index is 13.2. The quantitative estimate of drug-likeness (QED) is 0.458. The topological polar surface area (TPSA) is 58.4 Å². The molecule has 0 saturated heterocycles. The van der Waals surface area contributed by atoms with E-state index in [0.717, 1.165) is 11.0 Å². The van der Waals surface area contributed by atoms with Crippen molar-refractivity contribution in [3.63, 3.8) is 0 Å². The zero-order valence-corrected chi connectivity index (χ0v) is 15.3. The third kappa shape index (κ3) is 5.24. The van der Waals surface area contributed by atoms with Gasteiger partial charge in [0.25, 0.3) is 0 Å². The van der Waals surface area contributed by atoms with E-state index in [-0.39, 0.29) is 21.8 Å². The fourth-order valence-electron chi connectivity index (χ4n) is 1.71. The zero-order valence-electron chi connectivity index (χ0n) is 12.1. The van der Waals surface area contributed by atoms with Crippen LogP contribution in [0, 0.1) is 5.82 Å². The van der Waals surface area contributed by atoms with Crippen molar-refractivity contribution in [1.82, 2.24) is 5.43 Å². The third-order valence-electron chi connectivity index (χ3n) is 2.80. The molecule has 4 nitrogen and oxygen atoms in total. The van der Waals surface area contributed by atoms with Gasteiger partial charge < -0.3 is 5.73 Å². The first kappa shape index (κ1) is 18.8. The molecule has 0 unspecified atom stereocenters. The van der Waals surface area contributed by atoms with E-state index < -0.39 is 5.82 Å². The second-order valence-electron chi connectivity index (χ2n) is 4.55. The summed E-state index contributed by atoms with van der Waals surface area (Å²) in [4.78, 5) is 13.0. The summed E-state index contributed by atoms with van der Waals surface area (Å²) in [6.45, 7) is 0. The van der Waals surface area contributed by atoms with Crippen LogP contribution in [-0.2, 0) is 4.79 Å².